The number of ketones is 1. The molecular weight excluding hydrogens is 602 g/mol. The minimum absolute atomic E-state index is 0.0338. The van der Waals surface area contributed by atoms with Crippen molar-refractivity contribution in [3.63, 3.8) is 0 Å². The van der Waals surface area contributed by atoms with Gasteiger partial charge in [-0.15, -0.1) is 0 Å². The fraction of sp³-hybridized carbons (Fsp3) is 0.500. The predicted octanol–water partition coefficient (Wildman–Crippen LogP) is 4.23. The smallest absolute Gasteiger partial charge is 0.243 e. The van der Waals surface area contributed by atoms with Crippen LogP contribution in [0, 0.1) is 11.6 Å². The lowest BCUT2D eigenvalue weighted by Crippen LogP contribution is -2.36. The average Bonchev–Trinajstić information content (AvgIpc) is 3.43. The van der Waals surface area contributed by atoms with Crippen LogP contribution in [-0.2, 0) is 34.1 Å². The first-order valence-corrected chi connectivity index (χ1v) is 17.0. The summed E-state index contributed by atoms with van der Waals surface area (Å²) in [5.41, 5.74) is 4.11. The van der Waals surface area contributed by atoms with Gasteiger partial charge in [-0.2, -0.15) is 9.40 Å². The summed E-state index contributed by atoms with van der Waals surface area (Å²) >= 11 is 0. The molecule has 10 nitrogen and oxygen atoms in total. The van der Waals surface area contributed by atoms with E-state index >= 15 is 0 Å². The maximum Gasteiger partial charge on any atom is 0.243 e. The van der Waals surface area contributed by atoms with E-state index < -0.39 is 26.6 Å². The van der Waals surface area contributed by atoms with Gasteiger partial charge in [0.25, 0.3) is 0 Å². The molecule has 3 aromatic rings. The monoisotopic (exact) mass is 644 g/mol. The minimum Gasteiger partial charge on any atom is -0.381 e. The number of nitrogens with one attached hydrogen (secondary N) is 2. The van der Waals surface area contributed by atoms with Crippen molar-refractivity contribution in [2.24, 2.45) is 0 Å². The standard InChI is InChI=1S/C32H42F2N6O4S/c1-4-39(5-2)13-12-38(3)25-6-7-27(30(19-25)35-24-9-14-44-15-10-24)32(41)20-31-28-21-40(11-8-29(28)36-37-31)45(42,43)26-17-22(33)16-23(34)18-26/h6-7,16-19,24,35H,4-5,8-15,20-21H2,1-3H3,(H,36,37). The van der Waals surface area contributed by atoms with Crippen molar-refractivity contribution in [1.82, 2.24) is 19.4 Å². The van der Waals surface area contributed by atoms with Crippen LogP contribution in [-0.4, -0.2) is 92.6 Å². The molecule has 5 rings (SSSR count). The molecule has 2 aliphatic rings. The van der Waals surface area contributed by atoms with Crippen molar-refractivity contribution in [1.29, 1.82) is 0 Å². The molecule has 0 radical (unpaired) electrons. The largest absolute Gasteiger partial charge is 0.381 e. The zero-order chi connectivity index (χ0) is 32.1. The van der Waals surface area contributed by atoms with Crippen molar-refractivity contribution in [2.45, 2.75) is 57.0 Å². The van der Waals surface area contributed by atoms with Crippen molar-refractivity contribution in [3.05, 3.63) is 70.5 Å². The Labute approximate surface area is 263 Å². The molecule has 2 aromatic carbocycles. The number of aromatic amines is 1. The second kappa shape index (κ2) is 14.4. The predicted molar refractivity (Wildman–Crippen MR) is 169 cm³/mol. The van der Waals surface area contributed by atoms with Crippen LogP contribution >= 0.6 is 0 Å². The Morgan fingerprint density at radius 1 is 1.09 bits per heavy atom. The Hall–Kier alpha value is -3.39. The first kappa shape index (κ1) is 33.0. The van der Waals surface area contributed by atoms with Crippen LogP contribution in [0.5, 0.6) is 0 Å². The van der Waals surface area contributed by atoms with Crippen molar-refractivity contribution in [3.8, 4) is 0 Å². The van der Waals surface area contributed by atoms with Gasteiger partial charge in [-0.25, -0.2) is 17.2 Å². The number of H-pyrrole nitrogens is 1. The van der Waals surface area contributed by atoms with E-state index in [0.29, 0.717) is 42.5 Å². The van der Waals surface area contributed by atoms with E-state index in [1.807, 2.05) is 25.2 Å². The molecule has 0 spiro atoms. The highest BCUT2D eigenvalue weighted by molar-refractivity contribution is 7.89. The van der Waals surface area contributed by atoms with E-state index in [4.69, 9.17) is 4.74 Å². The molecule has 0 atom stereocenters. The fourth-order valence-corrected chi connectivity index (χ4v) is 7.36. The van der Waals surface area contributed by atoms with Crippen LogP contribution in [0.3, 0.4) is 0 Å². The molecule has 0 bridgehead atoms. The Balaban J connectivity index is 1.36. The number of Topliss-reactive ketones (excluding diaryl/α,β-unsaturated/α-hetero) is 1. The van der Waals surface area contributed by atoms with Crippen molar-refractivity contribution in [2.75, 3.05) is 63.2 Å². The van der Waals surface area contributed by atoms with E-state index in [-0.39, 0.29) is 31.3 Å². The molecule has 0 saturated carbocycles. The third-order valence-electron chi connectivity index (χ3n) is 8.76. The summed E-state index contributed by atoms with van der Waals surface area (Å²) in [5, 5.41) is 11.0. The van der Waals surface area contributed by atoms with Gasteiger partial charge in [-0.3, -0.25) is 9.89 Å². The molecule has 3 heterocycles. The van der Waals surface area contributed by atoms with Crippen LogP contribution in [0.1, 0.15) is 54.0 Å². The first-order chi connectivity index (χ1) is 21.6. The molecule has 0 aliphatic carbocycles. The average molecular weight is 645 g/mol. The van der Waals surface area contributed by atoms with E-state index in [9.17, 15) is 22.0 Å². The summed E-state index contributed by atoms with van der Waals surface area (Å²) < 4.78 is 61.0. The molecule has 1 aromatic heterocycles. The number of likely N-dealkylation sites (N-methyl/N-ethyl adjacent to an activating group) is 2. The molecule has 2 aliphatic heterocycles. The lowest BCUT2D eigenvalue weighted by atomic mass is 9.98. The molecule has 13 heteroatoms. The third kappa shape index (κ3) is 7.71. The van der Waals surface area contributed by atoms with Crippen LogP contribution in [0.4, 0.5) is 20.2 Å². The number of anilines is 2. The highest BCUT2D eigenvalue weighted by Crippen LogP contribution is 2.30. The molecular formula is C32H42F2N6O4S. The zero-order valence-corrected chi connectivity index (χ0v) is 26.9. The van der Waals surface area contributed by atoms with Gasteiger partial charge in [0.2, 0.25) is 10.0 Å². The number of fused-ring (bicyclic) bond motifs is 1. The zero-order valence-electron chi connectivity index (χ0n) is 26.1. The number of halogens is 2. The summed E-state index contributed by atoms with van der Waals surface area (Å²) in [7, 11) is -2.13. The minimum atomic E-state index is -4.18. The number of carbonyl (C=O) groups is 1. The second-order valence-electron chi connectivity index (χ2n) is 11.6. The SMILES string of the molecule is CCN(CC)CCN(C)c1ccc(C(=O)Cc2n[nH]c3c2CN(S(=O)(=O)c2cc(F)cc(F)c2)CC3)c(NC2CCOCC2)c1. The van der Waals surface area contributed by atoms with Gasteiger partial charge in [0.1, 0.15) is 11.6 Å². The van der Waals surface area contributed by atoms with E-state index in [0.717, 1.165) is 68.2 Å². The molecule has 0 amide bonds. The lowest BCUT2D eigenvalue weighted by Gasteiger charge is -2.28. The molecule has 0 unspecified atom stereocenters. The summed E-state index contributed by atoms with van der Waals surface area (Å²) in [6.45, 7) is 9.42. The van der Waals surface area contributed by atoms with Crippen LogP contribution in [0.15, 0.2) is 41.3 Å². The van der Waals surface area contributed by atoms with Crippen LogP contribution in [0.2, 0.25) is 0 Å². The van der Waals surface area contributed by atoms with Gasteiger partial charge < -0.3 is 19.9 Å². The van der Waals surface area contributed by atoms with Gasteiger partial charge in [0, 0.05) is 93.2 Å². The molecule has 1 saturated heterocycles. The van der Waals surface area contributed by atoms with Gasteiger partial charge in [0.05, 0.1) is 17.0 Å². The number of benzene rings is 2. The van der Waals surface area contributed by atoms with E-state index in [1.54, 1.807) is 0 Å². The number of aromatic nitrogens is 2. The quantitative estimate of drug-likeness (QED) is 0.266. The number of rotatable bonds is 13. The molecule has 2 N–H and O–H groups in total. The Kier molecular flexibility index (Phi) is 10.5. The maximum atomic E-state index is 13.9. The van der Waals surface area contributed by atoms with Gasteiger partial charge in [0.15, 0.2) is 5.78 Å². The van der Waals surface area contributed by atoms with Crippen LogP contribution < -0.4 is 10.2 Å². The Morgan fingerprint density at radius 3 is 2.49 bits per heavy atom. The lowest BCUT2D eigenvalue weighted by molar-refractivity contribution is 0.0904. The summed E-state index contributed by atoms with van der Waals surface area (Å²) in [4.78, 5) is 18.0. The summed E-state index contributed by atoms with van der Waals surface area (Å²) in [5.74, 6) is -2.08. The van der Waals surface area contributed by atoms with Gasteiger partial charge in [-0.05, 0) is 56.3 Å². The number of ether oxygens (including phenoxy) is 1. The van der Waals surface area contributed by atoms with Crippen LogP contribution in [0.25, 0.3) is 0 Å². The maximum absolute atomic E-state index is 13.9. The van der Waals surface area contributed by atoms with Crippen molar-refractivity contribution >= 4 is 27.2 Å². The highest BCUT2D eigenvalue weighted by atomic mass is 32.2. The van der Waals surface area contributed by atoms with E-state index in [2.05, 4.69) is 39.2 Å². The molecule has 45 heavy (non-hydrogen) atoms. The Morgan fingerprint density at radius 2 is 1.80 bits per heavy atom. The first-order valence-electron chi connectivity index (χ1n) is 15.5. The fourth-order valence-electron chi connectivity index (χ4n) is 5.91. The summed E-state index contributed by atoms with van der Waals surface area (Å²) in [6.07, 6.45) is 1.97. The topological polar surface area (TPSA) is 111 Å². The molecule has 1 fully saturated rings. The Bertz CT molecular complexity index is 1580. The van der Waals surface area contributed by atoms with E-state index in [1.165, 1.54) is 4.31 Å². The number of hydrogen-bond donors (Lipinski definition) is 2. The van der Waals surface area contributed by atoms with Gasteiger partial charge >= 0.3 is 0 Å². The summed E-state index contributed by atoms with van der Waals surface area (Å²) in [6, 6.07) is 8.26. The third-order valence-corrected chi connectivity index (χ3v) is 10.6. The number of sulfonamides is 1. The van der Waals surface area contributed by atoms with Crippen molar-refractivity contribution < 1.29 is 26.7 Å². The number of nitrogens with zero attached hydrogens (tertiary/aromatic N) is 4. The van der Waals surface area contributed by atoms with Gasteiger partial charge in [-0.1, -0.05) is 13.8 Å². The number of carbonyl (C=O) groups excluding carboxylic acids is 1. The second-order valence-corrected chi connectivity index (χ2v) is 13.6. The highest BCUT2D eigenvalue weighted by Gasteiger charge is 2.32. The molecule has 244 valence electrons. The number of hydrogen-bond acceptors (Lipinski definition) is 8. The normalized spacial score (nSPS) is 16.1.